The summed E-state index contributed by atoms with van der Waals surface area (Å²) in [7, 11) is -1.92. The van der Waals surface area contributed by atoms with Crippen LogP contribution >= 0.6 is 11.3 Å². The lowest BCUT2D eigenvalue weighted by atomic mass is 9.83. The van der Waals surface area contributed by atoms with Crippen LogP contribution in [0.1, 0.15) is 33.6 Å². The van der Waals surface area contributed by atoms with Gasteiger partial charge in [0.15, 0.2) is 19.9 Å². The molecule has 0 bridgehead atoms. The van der Waals surface area contributed by atoms with E-state index < -0.39 is 21.8 Å². The van der Waals surface area contributed by atoms with E-state index in [1.54, 1.807) is 7.05 Å². The third-order valence-electron chi connectivity index (χ3n) is 5.02. The highest BCUT2D eigenvalue weighted by Crippen LogP contribution is 2.39. The third-order valence-corrected chi connectivity index (χ3v) is 8.05. The number of rotatable bonds is 4. The van der Waals surface area contributed by atoms with Crippen molar-refractivity contribution in [2.75, 3.05) is 12.4 Å². The lowest BCUT2D eigenvalue weighted by Crippen LogP contribution is -2.21. The van der Waals surface area contributed by atoms with E-state index >= 15 is 0 Å². The molecule has 0 saturated heterocycles. The minimum absolute atomic E-state index is 0.200. The van der Waals surface area contributed by atoms with Gasteiger partial charge in [-0.2, -0.15) is 0 Å². The third kappa shape index (κ3) is 3.40. The van der Waals surface area contributed by atoms with Crippen LogP contribution in [0.3, 0.4) is 0 Å². The van der Waals surface area contributed by atoms with Gasteiger partial charge in [0, 0.05) is 17.1 Å². The van der Waals surface area contributed by atoms with Crippen molar-refractivity contribution in [1.82, 2.24) is 5.32 Å². The van der Waals surface area contributed by atoms with Crippen LogP contribution in [0.25, 0.3) is 0 Å². The van der Waals surface area contributed by atoms with Crippen molar-refractivity contribution in [3.8, 4) is 0 Å². The van der Waals surface area contributed by atoms with Crippen LogP contribution in [-0.2, 0) is 42.1 Å². The van der Waals surface area contributed by atoms with Crippen molar-refractivity contribution >= 4 is 33.0 Å². The van der Waals surface area contributed by atoms with Gasteiger partial charge in [0.25, 0.3) is 0 Å². The highest BCUT2D eigenvalue weighted by atomic mass is 32.2. The monoisotopic (exact) mass is 408 g/mol. The molecule has 6 nitrogen and oxygen atoms in total. The van der Waals surface area contributed by atoms with Gasteiger partial charge in [-0.3, -0.25) is 0 Å². The molecule has 144 valence electrons. The molecule has 0 aliphatic heterocycles. The Morgan fingerprint density at radius 1 is 1.26 bits per heavy atom. The van der Waals surface area contributed by atoms with Gasteiger partial charge in [0.1, 0.15) is 0 Å². The number of carbonyl (C=O) groups excluding carboxylic acids is 1. The Balaban J connectivity index is 1.64. The van der Waals surface area contributed by atoms with E-state index in [1.165, 1.54) is 17.2 Å². The number of halogens is 1. The van der Waals surface area contributed by atoms with Crippen molar-refractivity contribution in [1.29, 1.82) is 0 Å². The molecule has 1 heterocycles. The Kier molecular flexibility index (Phi) is 4.79. The van der Waals surface area contributed by atoms with Gasteiger partial charge in [-0.25, -0.2) is 18.5 Å². The number of benzene rings is 1. The van der Waals surface area contributed by atoms with Crippen LogP contribution in [0.15, 0.2) is 20.7 Å². The van der Waals surface area contributed by atoms with Gasteiger partial charge < -0.3 is 10.6 Å². The summed E-state index contributed by atoms with van der Waals surface area (Å²) < 4.78 is 30.3. The van der Waals surface area contributed by atoms with Crippen molar-refractivity contribution in [2.24, 2.45) is 9.50 Å². The minimum Gasteiger partial charge on any atom is -0.315 e. The highest BCUT2D eigenvalue weighted by Gasteiger charge is 2.27. The zero-order valence-corrected chi connectivity index (χ0v) is 16.6. The number of anilines is 1. The molecule has 1 aromatic heterocycles. The van der Waals surface area contributed by atoms with Gasteiger partial charge >= 0.3 is 6.03 Å². The molecule has 0 unspecified atom stereocenters. The molecule has 27 heavy (non-hydrogen) atoms. The van der Waals surface area contributed by atoms with Crippen LogP contribution in [-0.4, -0.2) is 17.3 Å². The van der Waals surface area contributed by atoms with Crippen molar-refractivity contribution in [2.45, 2.75) is 42.9 Å². The topological polar surface area (TPSA) is 96.6 Å². The summed E-state index contributed by atoms with van der Waals surface area (Å²) in [5.74, 6) is -0.695. The van der Waals surface area contributed by atoms with Crippen LogP contribution in [0, 0.1) is 5.82 Å². The Bertz CT molecular complexity index is 1050. The predicted octanol–water partition coefficient (Wildman–Crippen LogP) is 3.13. The second-order valence-electron chi connectivity index (χ2n) is 6.85. The predicted molar refractivity (Wildman–Crippen MR) is 105 cm³/mol. The van der Waals surface area contributed by atoms with E-state index in [1.807, 2.05) is 0 Å². The van der Waals surface area contributed by atoms with E-state index in [-0.39, 0.29) is 4.21 Å². The fourth-order valence-electron chi connectivity index (χ4n) is 3.75. The van der Waals surface area contributed by atoms with Crippen LogP contribution in [0.4, 0.5) is 14.9 Å². The first-order chi connectivity index (χ1) is 12.9. The first kappa shape index (κ1) is 18.5. The molecule has 0 fully saturated rings. The number of hydrogen-bond acceptors (Lipinski definition) is 4. The quantitative estimate of drug-likeness (QED) is 0.725. The van der Waals surface area contributed by atoms with E-state index in [9.17, 15) is 13.4 Å². The number of nitrogens with one attached hydrogen (secondary N) is 2. The molecular formula is C18H21FN4O2S2. The van der Waals surface area contributed by atoms with Crippen molar-refractivity contribution in [3.05, 3.63) is 45.1 Å². The highest BCUT2D eigenvalue weighted by molar-refractivity contribution is 7.93. The number of aryl methyl sites for hydroxylation is 2. The van der Waals surface area contributed by atoms with Crippen LogP contribution in [0.2, 0.25) is 0 Å². The molecule has 4 N–H and O–H groups in total. The number of thiophene rings is 1. The van der Waals surface area contributed by atoms with Crippen LogP contribution in [0.5, 0.6) is 0 Å². The maximum Gasteiger partial charge on any atom is 0.354 e. The summed E-state index contributed by atoms with van der Waals surface area (Å²) in [5, 5.41) is 11.4. The fraction of sp³-hybridized carbons (Fsp3) is 0.389. The molecule has 4 rings (SSSR count). The summed E-state index contributed by atoms with van der Waals surface area (Å²) in [5.41, 5.74) is 5.57. The second-order valence-corrected chi connectivity index (χ2v) is 9.97. The van der Waals surface area contributed by atoms with Crippen LogP contribution < -0.4 is 15.8 Å². The molecule has 2 amide bonds. The first-order valence-electron chi connectivity index (χ1n) is 8.84. The summed E-state index contributed by atoms with van der Waals surface area (Å²) in [6, 6.07) is 2.70. The maximum atomic E-state index is 14.1. The summed E-state index contributed by atoms with van der Waals surface area (Å²) in [6.45, 7) is 0.422. The maximum absolute atomic E-state index is 14.1. The molecule has 0 spiro atoms. The molecule has 2 aromatic rings. The molecular weight excluding hydrogens is 387 g/mol. The van der Waals surface area contributed by atoms with Crippen molar-refractivity contribution in [3.63, 3.8) is 0 Å². The van der Waals surface area contributed by atoms with E-state index in [0.29, 0.717) is 11.4 Å². The lowest BCUT2D eigenvalue weighted by Gasteiger charge is -2.25. The average molecular weight is 409 g/mol. The van der Waals surface area contributed by atoms with Gasteiger partial charge in [-0.1, -0.05) is 6.07 Å². The minimum atomic E-state index is -3.65. The number of fused-ring (bicyclic) bond motifs is 2. The molecule has 1 aromatic carbocycles. The molecule has 0 radical (unpaired) electrons. The van der Waals surface area contributed by atoms with E-state index in [4.69, 9.17) is 5.14 Å². The Labute approximate surface area is 161 Å². The zero-order chi connectivity index (χ0) is 19.2. The van der Waals surface area contributed by atoms with Gasteiger partial charge in [0.2, 0.25) is 0 Å². The fourth-order valence-corrected chi connectivity index (χ4v) is 6.14. The van der Waals surface area contributed by atoms with Gasteiger partial charge in [0.05, 0.1) is 0 Å². The molecule has 2 aliphatic rings. The number of urea groups is 1. The standard InChI is InChI=1S/C18H21FN4O2S2/c1-21-9-12-8-15(19)17(26-12)27(20,25)23-18(24)22-16-13-4-2-3-10(13)7-11-5-6-14(11)16/h7-8,21H,2-6,9H2,1H3,(H3,20,22,23,24,25)/t27-/m0/s1. The Morgan fingerprint density at radius 3 is 2.70 bits per heavy atom. The summed E-state index contributed by atoms with van der Waals surface area (Å²) >= 11 is 0.964. The number of carbonyl (C=O) groups is 1. The number of amides is 2. The zero-order valence-electron chi connectivity index (χ0n) is 14.9. The Morgan fingerprint density at radius 2 is 2.00 bits per heavy atom. The summed E-state index contributed by atoms with van der Waals surface area (Å²) in [6.07, 6.45) is 4.88. The molecule has 9 heteroatoms. The van der Waals surface area contributed by atoms with E-state index in [2.05, 4.69) is 21.1 Å². The normalized spacial score (nSPS) is 16.9. The smallest absolute Gasteiger partial charge is 0.315 e. The number of nitrogens with zero attached hydrogens (tertiary/aromatic N) is 1. The van der Waals surface area contributed by atoms with Crippen molar-refractivity contribution < 1.29 is 13.4 Å². The Hall–Kier alpha value is -1.81. The molecule has 1 atom stereocenters. The molecule has 0 saturated carbocycles. The first-order valence-corrected chi connectivity index (χ1v) is 11.2. The largest absolute Gasteiger partial charge is 0.354 e. The van der Waals surface area contributed by atoms with Gasteiger partial charge in [-0.15, -0.1) is 15.7 Å². The average Bonchev–Trinajstić information content (AvgIpc) is 3.17. The number of nitrogens with two attached hydrogens (primary N) is 1. The second kappa shape index (κ2) is 6.97. The summed E-state index contributed by atoms with van der Waals surface area (Å²) in [4.78, 5) is 13.1. The lowest BCUT2D eigenvalue weighted by molar-refractivity contribution is 0.260. The number of hydrogen-bond donors (Lipinski definition) is 3. The molecule has 2 aliphatic carbocycles. The van der Waals surface area contributed by atoms with E-state index in [0.717, 1.165) is 60.3 Å². The van der Waals surface area contributed by atoms with Gasteiger partial charge in [-0.05, 0) is 67.5 Å². The SMILES string of the molecule is CNCc1cc(F)c([S@@](N)(=O)=NC(=O)Nc2c3c(cc4c2CC4)CCC3)s1.